The Bertz CT molecular complexity index is 1620. The normalized spacial score (nSPS) is 11.5. The molecule has 0 bridgehead atoms. The molecular weight excluding hydrogens is 586 g/mol. The number of carboxylic acid groups (broad SMARTS) is 1. The van der Waals surface area contributed by atoms with E-state index in [4.69, 9.17) is 9.52 Å². The summed E-state index contributed by atoms with van der Waals surface area (Å²) in [5.74, 6) is -3.60. The van der Waals surface area contributed by atoms with Crippen molar-refractivity contribution in [2.75, 3.05) is 5.75 Å². The Hall–Kier alpha value is -4.09. The quantitative estimate of drug-likeness (QED) is 0.142. The van der Waals surface area contributed by atoms with Gasteiger partial charge in [-0.25, -0.2) is 4.39 Å². The van der Waals surface area contributed by atoms with Crippen LogP contribution in [0.2, 0.25) is 0 Å². The Labute approximate surface area is 250 Å². The first-order chi connectivity index (χ1) is 20.3. The predicted molar refractivity (Wildman–Crippen MR) is 154 cm³/mol. The number of hydrogen-bond acceptors (Lipinski definition) is 5. The number of hydrogen-bond donors (Lipinski definition) is 2. The standard InChI is InChI=1S/C32H29F4NO5S/c1-18-10-19(2)30(20(3)11-18)31(41)37(15-24-8-9-28(42-24)32(34,35)36)14-21-4-6-22(7-5-21)23-12-26(33)25(16-38)27(13-23)43-17-29(39)40/h4-13,38H,14-17H2,1-3H3,(H,39,40). The van der Waals surface area contributed by atoms with Crippen molar-refractivity contribution in [3.8, 4) is 11.1 Å². The Morgan fingerprint density at radius 3 is 2.12 bits per heavy atom. The molecule has 1 heterocycles. The van der Waals surface area contributed by atoms with Crippen LogP contribution in [0.25, 0.3) is 11.1 Å². The molecule has 0 aliphatic rings. The van der Waals surface area contributed by atoms with Gasteiger partial charge >= 0.3 is 12.1 Å². The maximum Gasteiger partial charge on any atom is 0.449 e. The topological polar surface area (TPSA) is 91.0 Å². The summed E-state index contributed by atoms with van der Waals surface area (Å²) in [4.78, 5) is 26.5. The molecule has 0 aliphatic carbocycles. The minimum atomic E-state index is -4.66. The number of aryl methyl sites for hydroxylation is 3. The van der Waals surface area contributed by atoms with Crippen LogP contribution < -0.4 is 0 Å². The number of benzene rings is 3. The van der Waals surface area contributed by atoms with E-state index in [9.17, 15) is 32.3 Å². The molecule has 0 unspecified atom stereocenters. The van der Waals surface area contributed by atoms with Gasteiger partial charge in [-0.15, -0.1) is 11.8 Å². The van der Waals surface area contributed by atoms with Crippen LogP contribution in [0, 0.1) is 26.6 Å². The summed E-state index contributed by atoms with van der Waals surface area (Å²) < 4.78 is 59.3. The first-order valence-electron chi connectivity index (χ1n) is 13.2. The number of carbonyl (C=O) groups is 2. The number of nitrogens with zero attached hydrogens (tertiary/aromatic N) is 1. The molecule has 11 heteroatoms. The van der Waals surface area contributed by atoms with E-state index in [-0.39, 0.29) is 36.1 Å². The van der Waals surface area contributed by atoms with Crippen molar-refractivity contribution >= 4 is 23.6 Å². The van der Waals surface area contributed by atoms with Crippen molar-refractivity contribution in [3.05, 3.63) is 111 Å². The highest BCUT2D eigenvalue weighted by atomic mass is 32.2. The van der Waals surface area contributed by atoms with Gasteiger partial charge in [0.15, 0.2) is 0 Å². The molecule has 4 aromatic rings. The van der Waals surface area contributed by atoms with Crippen molar-refractivity contribution in [1.29, 1.82) is 0 Å². The highest BCUT2D eigenvalue weighted by Crippen LogP contribution is 2.33. The van der Waals surface area contributed by atoms with E-state index in [0.717, 1.165) is 34.5 Å². The molecule has 0 spiro atoms. The van der Waals surface area contributed by atoms with Crippen LogP contribution in [-0.4, -0.2) is 32.7 Å². The third kappa shape index (κ3) is 7.66. The van der Waals surface area contributed by atoms with Crippen molar-refractivity contribution in [2.24, 2.45) is 0 Å². The maximum absolute atomic E-state index is 14.8. The second-order valence-corrected chi connectivity index (χ2v) is 11.2. The van der Waals surface area contributed by atoms with Crippen LogP contribution in [0.1, 0.15) is 49.7 Å². The molecule has 0 saturated carbocycles. The number of alkyl halides is 3. The van der Waals surface area contributed by atoms with E-state index in [2.05, 4.69) is 0 Å². The number of aliphatic carboxylic acids is 1. The van der Waals surface area contributed by atoms with Gasteiger partial charge in [0.1, 0.15) is 11.6 Å². The highest BCUT2D eigenvalue weighted by Gasteiger charge is 2.35. The number of aliphatic hydroxyl groups is 1. The first kappa shape index (κ1) is 31.8. The van der Waals surface area contributed by atoms with Gasteiger partial charge in [-0.3, -0.25) is 9.59 Å². The number of thioether (sulfide) groups is 1. The summed E-state index contributed by atoms with van der Waals surface area (Å²) in [5, 5.41) is 18.6. The molecule has 43 heavy (non-hydrogen) atoms. The van der Waals surface area contributed by atoms with Gasteiger partial charge in [0.05, 0.1) is 18.9 Å². The minimum absolute atomic E-state index is 0.00840. The third-order valence-electron chi connectivity index (χ3n) is 6.79. The van der Waals surface area contributed by atoms with Gasteiger partial charge in [0.25, 0.3) is 5.91 Å². The summed E-state index contributed by atoms with van der Waals surface area (Å²) in [5.41, 5.74) is 4.64. The largest absolute Gasteiger partial charge is 0.481 e. The molecule has 4 rings (SSSR count). The average molecular weight is 616 g/mol. The Balaban J connectivity index is 1.65. The van der Waals surface area contributed by atoms with E-state index in [0.29, 0.717) is 27.1 Å². The zero-order valence-electron chi connectivity index (χ0n) is 23.6. The Kier molecular flexibility index (Phi) is 9.66. The van der Waals surface area contributed by atoms with Gasteiger partial charge in [-0.2, -0.15) is 13.2 Å². The smallest absolute Gasteiger partial charge is 0.449 e. The molecule has 0 atom stereocenters. The van der Waals surface area contributed by atoms with Crippen molar-refractivity contribution in [2.45, 2.75) is 51.5 Å². The zero-order chi connectivity index (χ0) is 31.5. The lowest BCUT2D eigenvalue weighted by Crippen LogP contribution is -2.31. The lowest BCUT2D eigenvalue weighted by molar-refractivity contribution is -0.153. The average Bonchev–Trinajstić information content (AvgIpc) is 3.40. The molecule has 0 aliphatic heterocycles. The first-order valence-corrected chi connectivity index (χ1v) is 14.2. The molecule has 1 aromatic heterocycles. The third-order valence-corrected chi connectivity index (χ3v) is 7.86. The molecule has 0 radical (unpaired) electrons. The fraction of sp³-hybridized carbons (Fsp3) is 0.250. The van der Waals surface area contributed by atoms with E-state index < -0.39 is 30.3 Å². The SMILES string of the molecule is Cc1cc(C)c(C(=O)N(Cc2ccc(-c3cc(F)c(CO)c(SCC(=O)O)c3)cc2)Cc2ccc(C(F)(F)F)o2)c(C)c1. The van der Waals surface area contributed by atoms with E-state index in [1.807, 2.05) is 19.1 Å². The van der Waals surface area contributed by atoms with Crippen LogP contribution in [0.15, 0.2) is 70.0 Å². The highest BCUT2D eigenvalue weighted by molar-refractivity contribution is 8.00. The summed E-state index contributed by atoms with van der Waals surface area (Å²) in [6, 6.07) is 15.5. The number of rotatable bonds is 10. The molecule has 1 amide bonds. The number of amides is 1. The summed E-state index contributed by atoms with van der Waals surface area (Å²) >= 11 is 0.900. The van der Waals surface area contributed by atoms with Crippen LogP contribution in [0.4, 0.5) is 17.6 Å². The van der Waals surface area contributed by atoms with Crippen LogP contribution in [0.3, 0.4) is 0 Å². The van der Waals surface area contributed by atoms with Crippen molar-refractivity contribution in [1.82, 2.24) is 4.90 Å². The lowest BCUT2D eigenvalue weighted by Gasteiger charge is -2.24. The summed E-state index contributed by atoms with van der Waals surface area (Å²) in [6.45, 7) is 4.77. The fourth-order valence-electron chi connectivity index (χ4n) is 4.90. The number of aliphatic hydroxyl groups excluding tert-OH is 1. The van der Waals surface area contributed by atoms with Gasteiger partial charge < -0.3 is 19.5 Å². The maximum atomic E-state index is 14.8. The Morgan fingerprint density at radius 2 is 1.56 bits per heavy atom. The van der Waals surface area contributed by atoms with Gasteiger partial charge in [0, 0.05) is 22.6 Å². The van der Waals surface area contributed by atoms with Gasteiger partial charge in [-0.1, -0.05) is 42.0 Å². The molecule has 0 fully saturated rings. The van der Waals surface area contributed by atoms with Crippen molar-refractivity contribution < 1.29 is 41.8 Å². The second-order valence-electron chi connectivity index (χ2n) is 10.2. The number of furan rings is 1. The van der Waals surface area contributed by atoms with Crippen LogP contribution in [-0.2, 0) is 30.7 Å². The van der Waals surface area contributed by atoms with Gasteiger partial charge in [0.2, 0.25) is 5.76 Å². The van der Waals surface area contributed by atoms with E-state index >= 15 is 0 Å². The number of carbonyl (C=O) groups excluding carboxylic acids is 1. The lowest BCUT2D eigenvalue weighted by atomic mass is 9.98. The van der Waals surface area contributed by atoms with Crippen LogP contribution in [0.5, 0.6) is 0 Å². The minimum Gasteiger partial charge on any atom is -0.481 e. The fourth-order valence-corrected chi connectivity index (χ4v) is 5.73. The number of halogens is 4. The molecule has 2 N–H and O–H groups in total. The zero-order valence-corrected chi connectivity index (χ0v) is 24.4. The Morgan fingerprint density at radius 1 is 0.907 bits per heavy atom. The molecule has 0 saturated heterocycles. The monoisotopic (exact) mass is 615 g/mol. The summed E-state index contributed by atoms with van der Waals surface area (Å²) in [6.07, 6.45) is -4.66. The second kappa shape index (κ2) is 13.0. The van der Waals surface area contributed by atoms with E-state index in [1.165, 1.54) is 17.0 Å². The summed E-state index contributed by atoms with van der Waals surface area (Å²) in [7, 11) is 0. The number of carboxylic acids is 1. The molecular formula is C32H29F4NO5S. The molecule has 6 nitrogen and oxygen atoms in total. The van der Waals surface area contributed by atoms with E-state index in [1.54, 1.807) is 44.2 Å². The van der Waals surface area contributed by atoms with Crippen LogP contribution >= 0.6 is 11.8 Å². The van der Waals surface area contributed by atoms with Crippen molar-refractivity contribution in [3.63, 3.8) is 0 Å². The molecule has 226 valence electrons. The van der Waals surface area contributed by atoms with Gasteiger partial charge in [-0.05, 0) is 72.9 Å². The molecule has 3 aromatic carbocycles. The predicted octanol–water partition coefficient (Wildman–Crippen LogP) is 7.54.